The lowest BCUT2D eigenvalue weighted by atomic mass is 10.3. The van der Waals surface area contributed by atoms with Crippen molar-refractivity contribution in [2.45, 2.75) is 6.92 Å². The van der Waals surface area contributed by atoms with Gasteiger partial charge >= 0.3 is 0 Å². The summed E-state index contributed by atoms with van der Waals surface area (Å²) in [5, 5.41) is 3.28. The van der Waals surface area contributed by atoms with E-state index in [2.05, 4.69) is 54.1 Å². The predicted octanol–water partition coefficient (Wildman–Crippen LogP) is 3.04. The van der Waals surface area contributed by atoms with Crippen LogP contribution in [0.1, 0.15) is 5.69 Å². The van der Waals surface area contributed by atoms with Crippen molar-refractivity contribution < 1.29 is 0 Å². The quantitative estimate of drug-likeness (QED) is 0.909. The van der Waals surface area contributed by atoms with Gasteiger partial charge in [-0.1, -0.05) is 22.0 Å². The standard InChI is InChI=1S/C16H20BrN5/c1-12-10-15(22-8-6-21(2)7-9-22)20-16(18-12)19-14-5-3-4-13(17)11-14/h3-5,10-11H,6-9H2,1-2H3,(H,18,19,20). The second kappa shape index (κ2) is 6.62. The molecule has 0 radical (unpaired) electrons. The fourth-order valence-electron chi connectivity index (χ4n) is 2.50. The van der Waals surface area contributed by atoms with Gasteiger partial charge in [0.1, 0.15) is 5.82 Å². The summed E-state index contributed by atoms with van der Waals surface area (Å²) >= 11 is 3.48. The lowest BCUT2D eigenvalue weighted by Gasteiger charge is -2.33. The van der Waals surface area contributed by atoms with Crippen LogP contribution in [0, 0.1) is 6.92 Å². The number of anilines is 3. The van der Waals surface area contributed by atoms with Crippen LogP contribution in [0.4, 0.5) is 17.5 Å². The minimum atomic E-state index is 0.645. The van der Waals surface area contributed by atoms with E-state index in [1.807, 2.05) is 31.2 Å². The van der Waals surface area contributed by atoms with Crippen molar-refractivity contribution in [2.75, 3.05) is 43.4 Å². The zero-order valence-electron chi connectivity index (χ0n) is 12.9. The van der Waals surface area contributed by atoms with E-state index in [1.54, 1.807) is 0 Å². The summed E-state index contributed by atoms with van der Waals surface area (Å²) in [6.45, 7) is 6.15. The monoisotopic (exact) mass is 361 g/mol. The maximum absolute atomic E-state index is 4.68. The first-order valence-electron chi connectivity index (χ1n) is 7.42. The van der Waals surface area contributed by atoms with E-state index in [9.17, 15) is 0 Å². The first kappa shape index (κ1) is 15.2. The van der Waals surface area contributed by atoms with Gasteiger partial charge in [0.05, 0.1) is 0 Å². The number of halogens is 1. The molecule has 22 heavy (non-hydrogen) atoms. The fourth-order valence-corrected chi connectivity index (χ4v) is 2.90. The lowest BCUT2D eigenvalue weighted by Crippen LogP contribution is -2.44. The van der Waals surface area contributed by atoms with Crippen molar-refractivity contribution in [1.82, 2.24) is 14.9 Å². The molecule has 2 aromatic rings. The van der Waals surface area contributed by atoms with Crippen LogP contribution in [-0.4, -0.2) is 48.1 Å². The van der Waals surface area contributed by atoms with Gasteiger partial charge in [-0.15, -0.1) is 0 Å². The molecule has 116 valence electrons. The third-order valence-electron chi connectivity index (χ3n) is 3.75. The van der Waals surface area contributed by atoms with E-state index < -0.39 is 0 Å². The van der Waals surface area contributed by atoms with E-state index >= 15 is 0 Å². The van der Waals surface area contributed by atoms with Crippen LogP contribution in [-0.2, 0) is 0 Å². The zero-order valence-corrected chi connectivity index (χ0v) is 14.5. The number of hydrogen-bond donors (Lipinski definition) is 1. The van der Waals surface area contributed by atoms with Gasteiger partial charge in [0.25, 0.3) is 0 Å². The second-order valence-electron chi connectivity index (χ2n) is 5.62. The molecular weight excluding hydrogens is 342 g/mol. The fraction of sp³-hybridized carbons (Fsp3) is 0.375. The smallest absolute Gasteiger partial charge is 0.229 e. The molecule has 6 heteroatoms. The molecule has 0 spiro atoms. The Morgan fingerprint density at radius 2 is 1.86 bits per heavy atom. The molecule has 1 aliphatic rings. The van der Waals surface area contributed by atoms with Crippen molar-refractivity contribution in [3.63, 3.8) is 0 Å². The Bertz CT molecular complexity index is 653. The van der Waals surface area contributed by atoms with Gasteiger partial charge in [0, 0.05) is 48.1 Å². The van der Waals surface area contributed by atoms with E-state index in [-0.39, 0.29) is 0 Å². The number of piperazine rings is 1. The highest BCUT2D eigenvalue weighted by atomic mass is 79.9. The summed E-state index contributed by atoms with van der Waals surface area (Å²) in [5.41, 5.74) is 1.95. The largest absolute Gasteiger partial charge is 0.354 e. The molecule has 1 saturated heterocycles. The van der Waals surface area contributed by atoms with Crippen LogP contribution in [0.2, 0.25) is 0 Å². The normalized spacial score (nSPS) is 15.9. The number of aromatic nitrogens is 2. The molecule has 0 aliphatic carbocycles. The van der Waals surface area contributed by atoms with Gasteiger partial charge in [0.2, 0.25) is 5.95 Å². The lowest BCUT2D eigenvalue weighted by molar-refractivity contribution is 0.312. The van der Waals surface area contributed by atoms with Crippen LogP contribution >= 0.6 is 15.9 Å². The third-order valence-corrected chi connectivity index (χ3v) is 4.24. The maximum atomic E-state index is 4.68. The van der Waals surface area contributed by atoms with Crippen LogP contribution in [0.5, 0.6) is 0 Å². The molecule has 1 N–H and O–H groups in total. The van der Waals surface area contributed by atoms with Gasteiger partial charge in [-0.05, 0) is 32.2 Å². The highest BCUT2D eigenvalue weighted by molar-refractivity contribution is 9.10. The van der Waals surface area contributed by atoms with Gasteiger partial charge in [-0.2, -0.15) is 4.98 Å². The summed E-state index contributed by atoms with van der Waals surface area (Å²) in [6.07, 6.45) is 0. The van der Waals surface area contributed by atoms with Crippen molar-refractivity contribution in [1.29, 1.82) is 0 Å². The molecule has 1 aliphatic heterocycles. The van der Waals surface area contributed by atoms with Gasteiger partial charge in [-0.3, -0.25) is 0 Å². The molecule has 5 nitrogen and oxygen atoms in total. The van der Waals surface area contributed by atoms with Crippen LogP contribution in [0.25, 0.3) is 0 Å². The average molecular weight is 362 g/mol. The molecule has 0 saturated carbocycles. The van der Waals surface area contributed by atoms with Crippen LogP contribution in [0.15, 0.2) is 34.8 Å². The Labute approximate surface area is 139 Å². The van der Waals surface area contributed by atoms with Crippen molar-refractivity contribution >= 4 is 33.4 Å². The number of nitrogens with zero attached hydrogens (tertiary/aromatic N) is 4. The Balaban J connectivity index is 1.80. The first-order chi connectivity index (χ1) is 10.6. The van der Waals surface area contributed by atoms with E-state index in [0.29, 0.717) is 5.95 Å². The molecule has 0 amide bonds. The summed E-state index contributed by atoms with van der Waals surface area (Å²) in [6, 6.07) is 10.1. The highest BCUT2D eigenvalue weighted by Crippen LogP contribution is 2.21. The molecular formula is C16H20BrN5. The number of hydrogen-bond acceptors (Lipinski definition) is 5. The van der Waals surface area contributed by atoms with Crippen LogP contribution in [0.3, 0.4) is 0 Å². The van der Waals surface area contributed by atoms with Gasteiger partial charge in [0.15, 0.2) is 0 Å². The number of nitrogens with one attached hydrogen (secondary N) is 1. The third kappa shape index (κ3) is 3.75. The minimum absolute atomic E-state index is 0.645. The summed E-state index contributed by atoms with van der Waals surface area (Å²) in [5.74, 6) is 1.64. The number of benzene rings is 1. The van der Waals surface area contributed by atoms with E-state index in [1.165, 1.54) is 0 Å². The number of aryl methyl sites for hydroxylation is 1. The minimum Gasteiger partial charge on any atom is -0.354 e. The highest BCUT2D eigenvalue weighted by Gasteiger charge is 2.16. The molecule has 0 bridgehead atoms. The van der Waals surface area contributed by atoms with E-state index in [4.69, 9.17) is 0 Å². The maximum Gasteiger partial charge on any atom is 0.229 e. The average Bonchev–Trinajstić information content (AvgIpc) is 2.47. The molecule has 1 aromatic heterocycles. The number of rotatable bonds is 3. The van der Waals surface area contributed by atoms with Crippen molar-refractivity contribution in [2.24, 2.45) is 0 Å². The molecule has 2 heterocycles. The number of likely N-dealkylation sites (N-methyl/N-ethyl adjacent to an activating group) is 1. The van der Waals surface area contributed by atoms with Crippen LogP contribution < -0.4 is 10.2 Å². The molecule has 0 unspecified atom stereocenters. The Hall–Kier alpha value is -1.66. The van der Waals surface area contributed by atoms with Crippen molar-refractivity contribution in [3.05, 3.63) is 40.5 Å². The molecule has 0 atom stereocenters. The summed E-state index contributed by atoms with van der Waals surface area (Å²) < 4.78 is 1.03. The molecule has 1 fully saturated rings. The second-order valence-corrected chi connectivity index (χ2v) is 6.53. The Morgan fingerprint density at radius 3 is 2.59 bits per heavy atom. The molecule has 1 aromatic carbocycles. The summed E-state index contributed by atoms with van der Waals surface area (Å²) in [4.78, 5) is 13.8. The SMILES string of the molecule is Cc1cc(N2CCN(C)CC2)nc(Nc2cccc(Br)c2)n1. The molecule has 3 rings (SSSR count). The van der Waals surface area contributed by atoms with Gasteiger partial charge in [-0.25, -0.2) is 4.98 Å². The first-order valence-corrected chi connectivity index (χ1v) is 8.21. The summed E-state index contributed by atoms with van der Waals surface area (Å²) in [7, 11) is 2.16. The van der Waals surface area contributed by atoms with Crippen molar-refractivity contribution in [3.8, 4) is 0 Å². The van der Waals surface area contributed by atoms with Gasteiger partial charge < -0.3 is 15.1 Å². The zero-order chi connectivity index (χ0) is 15.5. The Kier molecular flexibility index (Phi) is 4.59. The predicted molar refractivity (Wildman–Crippen MR) is 93.9 cm³/mol. The Morgan fingerprint density at radius 1 is 1.09 bits per heavy atom. The topological polar surface area (TPSA) is 44.3 Å². The van der Waals surface area contributed by atoms with E-state index in [0.717, 1.165) is 47.9 Å².